The van der Waals surface area contributed by atoms with Crippen LogP contribution in [0.2, 0.25) is 18.1 Å². The monoisotopic (exact) mass is 1160 g/mol. The van der Waals surface area contributed by atoms with Crippen molar-refractivity contribution in [1.82, 2.24) is 5.32 Å². The van der Waals surface area contributed by atoms with Gasteiger partial charge in [-0.1, -0.05) is 227 Å². The number of ether oxygens (including phenoxy) is 5. The van der Waals surface area contributed by atoms with E-state index in [2.05, 4.69) is 59.6 Å². The molecule has 1 aliphatic heterocycles. The van der Waals surface area contributed by atoms with Crippen LogP contribution in [0.1, 0.15) is 182 Å². The van der Waals surface area contributed by atoms with E-state index in [1.54, 1.807) is 66.7 Å². The number of alkyl halides is 3. The second kappa shape index (κ2) is 37.5. The average molecular weight is 1160 g/mol. The van der Waals surface area contributed by atoms with Gasteiger partial charge in [0, 0.05) is 12.8 Å². The number of esters is 1. The maximum atomic E-state index is 15.4. The normalized spacial score (nSPS) is 18.7. The fourth-order valence-corrected chi connectivity index (χ4v) is 11.2. The Morgan fingerprint density at radius 3 is 1.71 bits per heavy atom. The summed E-state index contributed by atoms with van der Waals surface area (Å²) in [5, 5.41) is 2.60. The Kier molecular flexibility index (Phi) is 33.6. The zero-order valence-corrected chi connectivity index (χ0v) is 51.3. The molecule has 0 spiro atoms. The molecule has 434 valence electrons. The molecular weight excluding hydrogens is 1070 g/mol. The Morgan fingerprint density at radius 1 is 0.724 bits per heavy atom. The molecule has 76 heavy (non-hydrogen) atoms. The summed E-state index contributed by atoms with van der Waals surface area (Å²) in [6.45, 7) is 18.2. The van der Waals surface area contributed by atoms with Gasteiger partial charge in [-0.05, 0) is 61.7 Å². The molecule has 1 heterocycles. The van der Waals surface area contributed by atoms with Crippen molar-refractivity contribution >= 4 is 63.0 Å². The van der Waals surface area contributed by atoms with E-state index in [4.69, 9.17) is 76.5 Å². The van der Waals surface area contributed by atoms with E-state index in [0.717, 1.165) is 38.5 Å². The van der Waals surface area contributed by atoms with Crippen LogP contribution in [0.15, 0.2) is 73.3 Å². The molecule has 0 aliphatic carbocycles. The summed E-state index contributed by atoms with van der Waals surface area (Å²) >= 11 is 18.0. The van der Waals surface area contributed by atoms with Gasteiger partial charge in [0.2, 0.25) is 3.79 Å². The lowest BCUT2D eigenvalue weighted by Crippen LogP contribution is -2.66. The van der Waals surface area contributed by atoms with Crippen molar-refractivity contribution in [2.24, 2.45) is 0 Å². The van der Waals surface area contributed by atoms with Crippen LogP contribution in [0.3, 0.4) is 0 Å². The van der Waals surface area contributed by atoms with E-state index in [0.29, 0.717) is 19.3 Å². The lowest BCUT2D eigenvalue weighted by Gasteiger charge is -2.47. The molecule has 0 radical (unpaired) electrons. The van der Waals surface area contributed by atoms with Crippen LogP contribution in [0.25, 0.3) is 0 Å². The van der Waals surface area contributed by atoms with Crippen molar-refractivity contribution in [2.45, 2.75) is 241 Å². The number of unbranched alkanes of at least 4 members (excludes halogenated alkanes) is 18. The van der Waals surface area contributed by atoms with Crippen LogP contribution >= 0.6 is 42.6 Å². The highest BCUT2D eigenvalue weighted by Gasteiger charge is 2.54. The van der Waals surface area contributed by atoms with Crippen LogP contribution in [-0.4, -0.2) is 87.3 Å². The molecule has 2 aromatic rings. The van der Waals surface area contributed by atoms with E-state index in [1.165, 1.54) is 89.9 Å². The predicted molar refractivity (Wildman–Crippen MR) is 310 cm³/mol. The van der Waals surface area contributed by atoms with Gasteiger partial charge >= 0.3 is 19.9 Å². The maximum absolute atomic E-state index is 15.4. The van der Waals surface area contributed by atoms with E-state index in [9.17, 15) is 9.59 Å². The van der Waals surface area contributed by atoms with Gasteiger partial charge in [0.15, 0.2) is 14.6 Å². The third kappa shape index (κ3) is 28.7. The standard InChI is InChI=1S/C58H95Cl3NO12PSi/c1-9-12-14-16-18-20-21-23-25-27-35-41-51(63)70-47(36-30-26-24-22-19-17-15-13-10-2)42-44-66-54-52(62-56(64)68-46-58(59,60)61)55(67-43-11-3)71-50(45-69-76(7,8)57(4,5)6)53(54)74-75(65,72-48-37-31-28-32-38-48)73-49-39-33-29-34-40-49/h11,28-29,31-34,37-40,47,50,52-55H,3,9-10,12-27,30,35-36,41-46H2,1-2,4-8H3,(H,62,64)/t47-,50-,52-,53-,54-,55+/m1/s1. The fraction of sp³-hybridized carbons (Fsp3) is 0.724. The van der Waals surface area contributed by atoms with Gasteiger partial charge in [0.25, 0.3) is 0 Å². The molecule has 0 saturated carbocycles. The Hall–Kier alpha value is -2.36. The van der Waals surface area contributed by atoms with E-state index >= 15 is 4.57 Å². The number of halogens is 3. The number of carbonyl (C=O) groups is 2. The SMILES string of the molecule is C=CCO[C@H]1O[C@H](CO[Si](C)(C)C(C)(C)C)[C@@H](OP(=O)(Oc2ccccc2)Oc2ccccc2)[C@H](OCC[C@@H](CCCCCCCCCCC)OC(=O)CCCCCCCCCCCCC)[C@H]1NC(=O)OCC(Cl)(Cl)Cl. The van der Waals surface area contributed by atoms with E-state index in [-0.39, 0.29) is 42.3 Å². The van der Waals surface area contributed by atoms with Crippen LogP contribution in [-0.2, 0) is 42.0 Å². The molecule has 0 aromatic heterocycles. The zero-order valence-electron chi connectivity index (χ0n) is 47.1. The van der Waals surface area contributed by atoms with Gasteiger partial charge in [-0.25, -0.2) is 9.36 Å². The number of rotatable bonds is 41. The van der Waals surface area contributed by atoms with E-state index in [1.807, 2.05) is 0 Å². The first-order valence-electron chi connectivity index (χ1n) is 28.4. The molecule has 1 aliphatic rings. The van der Waals surface area contributed by atoms with Crippen molar-refractivity contribution in [2.75, 3.05) is 26.4 Å². The molecule has 6 atom stereocenters. The Bertz CT molecular complexity index is 1860. The second-order valence-electron chi connectivity index (χ2n) is 21.6. The van der Waals surface area contributed by atoms with Crippen LogP contribution < -0.4 is 14.4 Å². The number of benzene rings is 2. The highest BCUT2D eigenvalue weighted by molar-refractivity contribution is 7.49. The topological polar surface area (TPSA) is 146 Å². The molecule has 1 amide bonds. The number of carbonyl (C=O) groups excluding carboxylic acids is 2. The molecule has 1 N–H and O–H groups in total. The lowest BCUT2D eigenvalue weighted by atomic mass is 9.96. The number of phosphoric acid groups is 1. The summed E-state index contributed by atoms with van der Waals surface area (Å²) in [5.74, 6) is 0.172. The maximum Gasteiger partial charge on any atom is 0.588 e. The van der Waals surface area contributed by atoms with Gasteiger partial charge < -0.3 is 42.5 Å². The van der Waals surface area contributed by atoms with Gasteiger partial charge in [-0.2, -0.15) is 0 Å². The molecule has 13 nitrogen and oxygen atoms in total. The number of hydrogen-bond donors (Lipinski definition) is 1. The molecule has 0 unspecified atom stereocenters. The van der Waals surface area contributed by atoms with Crippen LogP contribution in [0.4, 0.5) is 4.79 Å². The van der Waals surface area contributed by atoms with Crippen molar-refractivity contribution < 1.29 is 55.8 Å². The number of nitrogens with one attached hydrogen (secondary N) is 1. The average Bonchev–Trinajstić information content (AvgIpc) is 3.38. The molecule has 18 heteroatoms. The van der Waals surface area contributed by atoms with Gasteiger partial charge in [-0.3, -0.25) is 9.32 Å². The van der Waals surface area contributed by atoms with Gasteiger partial charge in [-0.15, -0.1) is 6.58 Å². The van der Waals surface area contributed by atoms with Gasteiger partial charge in [0.05, 0.1) is 19.8 Å². The van der Waals surface area contributed by atoms with Crippen molar-refractivity contribution in [3.05, 3.63) is 73.3 Å². The quantitative estimate of drug-likeness (QED) is 0.0169. The van der Waals surface area contributed by atoms with Gasteiger partial charge in [0.1, 0.15) is 48.6 Å². The number of alkyl carbamates (subject to hydrolysis) is 1. The third-order valence-electron chi connectivity index (χ3n) is 13.9. The summed E-state index contributed by atoms with van der Waals surface area (Å²) in [4.78, 5) is 27.3. The fourth-order valence-electron chi connectivity index (χ4n) is 8.54. The first-order chi connectivity index (χ1) is 36.3. The minimum Gasteiger partial charge on any atom is -0.462 e. The largest absolute Gasteiger partial charge is 0.588 e. The number of hydrogen-bond acceptors (Lipinski definition) is 12. The molecule has 0 bridgehead atoms. The molecular formula is C58H95Cl3NO12PSi. The smallest absolute Gasteiger partial charge is 0.462 e. The van der Waals surface area contributed by atoms with Crippen molar-refractivity contribution in [1.29, 1.82) is 0 Å². The van der Waals surface area contributed by atoms with Crippen molar-refractivity contribution in [3.8, 4) is 11.5 Å². The van der Waals surface area contributed by atoms with Crippen molar-refractivity contribution in [3.63, 3.8) is 0 Å². The summed E-state index contributed by atoms with van der Waals surface area (Å²) < 4.78 is 70.7. The molecule has 2 aromatic carbocycles. The van der Waals surface area contributed by atoms with Crippen LogP contribution in [0, 0.1) is 0 Å². The lowest BCUT2D eigenvalue weighted by molar-refractivity contribution is -0.270. The number of amides is 1. The first kappa shape index (κ1) is 67.9. The third-order valence-corrected chi connectivity index (χ3v) is 20.1. The molecule has 3 rings (SSSR count). The minimum absolute atomic E-state index is 0.00270. The Balaban J connectivity index is 2.01. The number of phosphoric ester groups is 1. The highest BCUT2D eigenvalue weighted by Crippen LogP contribution is 2.53. The Morgan fingerprint density at radius 2 is 1.22 bits per heavy atom. The summed E-state index contributed by atoms with van der Waals surface area (Å²) in [5.41, 5.74) is 0. The van der Waals surface area contributed by atoms with Crippen LogP contribution in [0.5, 0.6) is 11.5 Å². The minimum atomic E-state index is -4.70. The van der Waals surface area contributed by atoms with E-state index < -0.39 is 69.4 Å². The second-order valence-corrected chi connectivity index (χ2v) is 30.4. The highest BCUT2D eigenvalue weighted by atomic mass is 35.6. The molecule has 1 saturated heterocycles. The summed E-state index contributed by atoms with van der Waals surface area (Å²) in [6, 6.07) is 15.8. The number of para-hydroxylation sites is 2. The first-order valence-corrected chi connectivity index (χ1v) is 33.9. The predicted octanol–water partition coefficient (Wildman–Crippen LogP) is 17.4. The summed E-state index contributed by atoms with van der Waals surface area (Å²) in [7, 11) is -7.19. The summed E-state index contributed by atoms with van der Waals surface area (Å²) in [6.07, 6.45) is 19.9. The Labute approximate surface area is 473 Å². The zero-order chi connectivity index (χ0) is 55.7. The molecule has 1 fully saturated rings.